The van der Waals surface area contributed by atoms with Gasteiger partial charge in [-0.3, -0.25) is 14.9 Å². The molecule has 1 aromatic rings. The van der Waals surface area contributed by atoms with E-state index in [1.165, 1.54) is 43.5 Å². The summed E-state index contributed by atoms with van der Waals surface area (Å²) in [5.74, 6) is 0.349. The average Bonchev–Trinajstić information content (AvgIpc) is 2.66. The normalized spacial score (nSPS) is 15.8. The minimum absolute atomic E-state index is 0.0658. The Balaban J connectivity index is 1.90. The number of nitrogens with zero attached hydrogens (tertiary/aromatic N) is 1. The second-order valence-electron chi connectivity index (χ2n) is 8.85. The molecule has 1 atom stereocenters. The van der Waals surface area contributed by atoms with Crippen LogP contribution in [0.5, 0.6) is 5.75 Å². The number of nitro groups is 1. The number of hydrogen-bond donors (Lipinski definition) is 1. The van der Waals surface area contributed by atoms with Gasteiger partial charge in [-0.1, -0.05) is 32.1 Å². The molecule has 1 N–H and O–H groups in total. The van der Waals surface area contributed by atoms with Crippen LogP contribution >= 0.6 is 0 Å². The summed E-state index contributed by atoms with van der Waals surface area (Å²) in [6.07, 6.45) is 6.84. The first-order chi connectivity index (χ1) is 14.1. The number of nitrogens with one attached hydrogen (secondary N) is 1. The van der Waals surface area contributed by atoms with Crippen molar-refractivity contribution < 1.29 is 24.0 Å². The zero-order valence-corrected chi connectivity index (χ0v) is 18.0. The molecular weight excluding hydrogens is 388 g/mol. The smallest absolute Gasteiger partial charge is 0.407 e. The number of ether oxygens (including phenoxy) is 2. The number of esters is 1. The summed E-state index contributed by atoms with van der Waals surface area (Å²) >= 11 is 0. The van der Waals surface area contributed by atoms with Crippen LogP contribution < -0.4 is 10.1 Å². The van der Waals surface area contributed by atoms with E-state index in [1.807, 2.05) is 20.8 Å². The van der Waals surface area contributed by atoms with Gasteiger partial charge in [-0.25, -0.2) is 4.79 Å². The second-order valence-corrected chi connectivity index (χ2v) is 8.85. The van der Waals surface area contributed by atoms with Crippen molar-refractivity contribution >= 4 is 17.7 Å². The highest BCUT2D eigenvalue weighted by atomic mass is 16.6. The Kier molecular flexibility index (Phi) is 8.62. The Bertz CT molecular complexity index is 720. The summed E-state index contributed by atoms with van der Waals surface area (Å²) in [6.45, 7) is 5.43. The summed E-state index contributed by atoms with van der Waals surface area (Å²) in [5, 5.41) is 13.6. The van der Waals surface area contributed by atoms with Crippen LogP contribution in [-0.2, 0) is 9.53 Å². The van der Waals surface area contributed by atoms with Gasteiger partial charge < -0.3 is 14.8 Å². The fourth-order valence-corrected chi connectivity index (χ4v) is 3.66. The molecule has 0 unspecified atom stereocenters. The van der Waals surface area contributed by atoms with Crippen LogP contribution in [0.1, 0.15) is 72.1 Å². The molecule has 1 amide bonds. The van der Waals surface area contributed by atoms with E-state index < -0.39 is 22.6 Å². The molecule has 1 aliphatic carbocycles. The Morgan fingerprint density at radius 1 is 1.17 bits per heavy atom. The van der Waals surface area contributed by atoms with Gasteiger partial charge in [0, 0.05) is 24.6 Å². The first-order valence-corrected chi connectivity index (χ1v) is 10.6. The molecule has 1 saturated carbocycles. The number of rotatable bonds is 8. The van der Waals surface area contributed by atoms with Crippen LogP contribution in [0.3, 0.4) is 0 Å². The largest absolute Gasteiger partial charge is 0.444 e. The Labute approximate surface area is 177 Å². The van der Waals surface area contributed by atoms with Crippen molar-refractivity contribution in [1.82, 2.24) is 5.32 Å². The molecule has 1 aromatic carbocycles. The van der Waals surface area contributed by atoms with E-state index in [2.05, 4.69) is 5.32 Å². The summed E-state index contributed by atoms with van der Waals surface area (Å²) in [5.41, 5.74) is -0.655. The first kappa shape index (κ1) is 23.6. The summed E-state index contributed by atoms with van der Waals surface area (Å²) in [7, 11) is 0. The van der Waals surface area contributed by atoms with E-state index in [9.17, 15) is 19.7 Å². The highest BCUT2D eigenvalue weighted by Gasteiger charge is 2.24. The molecule has 0 saturated heterocycles. The van der Waals surface area contributed by atoms with Crippen molar-refractivity contribution in [2.75, 3.05) is 0 Å². The van der Waals surface area contributed by atoms with Gasteiger partial charge in [0.15, 0.2) is 0 Å². The molecule has 2 rings (SSSR count). The number of nitro benzene ring substituents is 1. The minimum Gasteiger partial charge on any atom is -0.444 e. The third-order valence-corrected chi connectivity index (χ3v) is 5.04. The van der Waals surface area contributed by atoms with E-state index in [0.29, 0.717) is 12.3 Å². The van der Waals surface area contributed by atoms with Crippen LogP contribution in [0.15, 0.2) is 24.3 Å². The minimum atomic E-state index is -0.589. The summed E-state index contributed by atoms with van der Waals surface area (Å²) < 4.78 is 10.6. The van der Waals surface area contributed by atoms with E-state index in [0.717, 1.165) is 19.3 Å². The molecule has 0 spiro atoms. The fourth-order valence-electron chi connectivity index (χ4n) is 3.66. The molecule has 8 nitrogen and oxygen atoms in total. The van der Waals surface area contributed by atoms with Crippen molar-refractivity contribution in [3.63, 3.8) is 0 Å². The monoisotopic (exact) mass is 420 g/mol. The molecule has 30 heavy (non-hydrogen) atoms. The van der Waals surface area contributed by atoms with Crippen molar-refractivity contribution in [1.29, 1.82) is 0 Å². The number of carbonyl (C=O) groups is 2. The fraction of sp³-hybridized carbons (Fsp3) is 0.636. The van der Waals surface area contributed by atoms with Gasteiger partial charge in [0.2, 0.25) is 0 Å². The lowest BCUT2D eigenvalue weighted by Crippen LogP contribution is -2.40. The Morgan fingerprint density at radius 3 is 2.37 bits per heavy atom. The van der Waals surface area contributed by atoms with Gasteiger partial charge in [-0.2, -0.15) is 0 Å². The third-order valence-electron chi connectivity index (χ3n) is 5.04. The molecule has 1 aliphatic rings. The zero-order valence-electron chi connectivity index (χ0n) is 18.0. The highest BCUT2D eigenvalue weighted by molar-refractivity contribution is 5.72. The topological polar surface area (TPSA) is 108 Å². The van der Waals surface area contributed by atoms with Crippen molar-refractivity contribution in [3.05, 3.63) is 34.4 Å². The van der Waals surface area contributed by atoms with Gasteiger partial charge in [0.1, 0.15) is 11.4 Å². The Hall–Kier alpha value is -2.64. The first-order valence-electron chi connectivity index (χ1n) is 10.6. The lowest BCUT2D eigenvalue weighted by Gasteiger charge is -2.28. The maximum absolute atomic E-state index is 12.2. The Morgan fingerprint density at radius 2 is 1.80 bits per heavy atom. The van der Waals surface area contributed by atoms with E-state index in [-0.39, 0.29) is 23.9 Å². The molecule has 0 bridgehead atoms. The van der Waals surface area contributed by atoms with Crippen LogP contribution in [0.25, 0.3) is 0 Å². The second kappa shape index (κ2) is 10.9. The SMILES string of the molecule is CC(C)(C)OC(=O)N[C@H](CCC(=O)Oc1ccc([N+](=O)[O-])cc1)CC1CCCCC1. The molecule has 1 fully saturated rings. The van der Waals surface area contributed by atoms with E-state index in [4.69, 9.17) is 9.47 Å². The van der Waals surface area contributed by atoms with E-state index >= 15 is 0 Å². The highest BCUT2D eigenvalue weighted by Crippen LogP contribution is 2.28. The molecule has 166 valence electrons. The van der Waals surface area contributed by atoms with E-state index in [1.54, 1.807) is 0 Å². The quantitative estimate of drug-likeness (QED) is 0.270. The number of hydrogen-bond acceptors (Lipinski definition) is 6. The molecule has 0 radical (unpaired) electrons. The zero-order chi connectivity index (χ0) is 22.1. The predicted octanol–water partition coefficient (Wildman–Crippen LogP) is 5.14. The van der Waals surface area contributed by atoms with Gasteiger partial charge in [0.05, 0.1) is 4.92 Å². The van der Waals surface area contributed by atoms with Gasteiger partial charge in [-0.05, 0) is 51.7 Å². The number of benzene rings is 1. The molecule has 0 aromatic heterocycles. The van der Waals surface area contributed by atoms with Crippen LogP contribution in [0, 0.1) is 16.0 Å². The molecule has 8 heteroatoms. The summed E-state index contributed by atoms with van der Waals surface area (Å²) in [4.78, 5) is 34.7. The van der Waals surface area contributed by atoms with Gasteiger partial charge in [-0.15, -0.1) is 0 Å². The molecular formula is C22H32N2O6. The van der Waals surface area contributed by atoms with Gasteiger partial charge >= 0.3 is 12.1 Å². The number of non-ortho nitro benzene ring substituents is 1. The maximum atomic E-state index is 12.2. The predicted molar refractivity (Wildman–Crippen MR) is 112 cm³/mol. The van der Waals surface area contributed by atoms with Crippen molar-refractivity contribution in [2.24, 2.45) is 5.92 Å². The number of amides is 1. The van der Waals surface area contributed by atoms with Gasteiger partial charge in [0.25, 0.3) is 5.69 Å². The number of carbonyl (C=O) groups excluding carboxylic acids is 2. The summed E-state index contributed by atoms with van der Waals surface area (Å²) in [6, 6.07) is 5.20. The lowest BCUT2D eigenvalue weighted by atomic mass is 9.84. The molecule has 0 heterocycles. The third kappa shape index (κ3) is 8.80. The van der Waals surface area contributed by atoms with Crippen LogP contribution in [0.2, 0.25) is 0 Å². The lowest BCUT2D eigenvalue weighted by molar-refractivity contribution is -0.384. The average molecular weight is 421 g/mol. The van der Waals surface area contributed by atoms with Crippen LogP contribution in [0.4, 0.5) is 10.5 Å². The van der Waals surface area contributed by atoms with Crippen LogP contribution in [-0.4, -0.2) is 28.6 Å². The molecule has 0 aliphatic heterocycles. The van der Waals surface area contributed by atoms with Crippen molar-refractivity contribution in [3.8, 4) is 5.75 Å². The van der Waals surface area contributed by atoms with Crippen molar-refractivity contribution in [2.45, 2.75) is 83.8 Å². The number of alkyl carbamates (subject to hydrolysis) is 1. The standard InChI is InChI=1S/C22H32N2O6/c1-22(2,3)30-21(26)23-17(15-16-7-5-4-6-8-16)9-14-20(25)29-19-12-10-18(11-13-19)24(27)28/h10-13,16-17H,4-9,14-15H2,1-3H3,(H,23,26)/t17-/m1/s1. The maximum Gasteiger partial charge on any atom is 0.407 e.